The van der Waals surface area contributed by atoms with E-state index in [0.717, 1.165) is 22.9 Å². The van der Waals surface area contributed by atoms with Crippen LogP contribution in [0.5, 0.6) is 5.88 Å². The largest absolute Gasteiger partial charge is 0.482 e. The van der Waals surface area contributed by atoms with Gasteiger partial charge >= 0.3 is 0 Å². The van der Waals surface area contributed by atoms with Crippen molar-refractivity contribution in [2.24, 2.45) is 7.05 Å². The van der Waals surface area contributed by atoms with Crippen LogP contribution >= 0.6 is 11.8 Å². The third-order valence-corrected chi connectivity index (χ3v) is 2.82. The third kappa shape index (κ3) is 2.08. The molecule has 0 aromatic carbocycles. The first-order chi connectivity index (χ1) is 6.74. The molecular formula is C11H15NOS. The smallest absolute Gasteiger partial charge is 0.195 e. The molecule has 3 heteroatoms. The standard InChI is InChI=1S/C11H15NOS/c1-5-6-7-9-8-10(13-3)12(2)11(9)14-4/h8H,5H2,1-4H3. The van der Waals surface area contributed by atoms with Crippen LogP contribution in [0.2, 0.25) is 0 Å². The maximum absolute atomic E-state index is 5.23. The van der Waals surface area contributed by atoms with Gasteiger partial charge in [-0.3, -0.25) is 0 Å². The van der Waals surface area contributed by atoms with Gasteiger partial charge in [0.2, 0.25) is 0 Å². The molecule has 0 radical (unpaired) electrons. The van der Waals surface area contributed by atoms with E-state index in [9.17, 15) is 0 Å². The van der Waals surface area contributed by atoms with Crippen LogP contribution < -0.4 is 4.74 Å². The Bertz CT molecular complexity index is 371. The average Bonchev–Trinajstić information content (AvgIpc) is 2.51. The van der Waals surface area contributed by atoms with Crippen LogP contribution in [0.1, 0.15) is 18.9 Å². The molecule has 14 heavy (non-hydrogen) atoms. The lowest BCUT2D eigenvalue weighted by Crippen LogP contribution is -1.94. The van der Waals surface area contributed by atoms with E-state index in [-0.39, 0.29) is 0 Å². The Morgan fingerprint density at radius 1 is 1.57 bits per heavy atom. The van der Waals surface area contributed by atoms with E-state index in [4.69, 9.17) is 4.74 Å². The first-order valence-electron chi connectivity index (χ1n) is 4.51. The fourth-order valence-electron chi connectivity index (χ4n) is 1.28. The van der Waals surface area contributed by atoms with E-state index in [0.29, 0.717) is 0 Å². The lowest BCUT2D eigenvalue weighted by molar-refractivity contribution is 0.377. The lowest BCUT2D eigenvalue weighted by Gasteiger charge is -2.03. The number of methoxy groups -OCH3 is 1. The monoisotopic (exact) mass is 209 g/mol. The summed E-state index contributed by atoms with van der Waals surface area (Å²) >= 11 is 1.69. The molecule has 1 aromatic rings. The number of rotatable bonds is 2. The predicted molar refractivity (Wildman–Crippen MR) is 60.9 cm³/mol. The van der Waals surface area contributed by atoms with E-state index in [1.54, 1.807) is 18.9 Å². The molecule has 1 aromatic heterocycles. The summed E-state index contributed by atoms with van der Waals surface area (Å²) < 4.78 is 7.25. The highest BCUT2D eigenvalue weighted by Crippen LogP contribution is 2.27. The van der Waals surface area contributed by atoms with Gasteiger partial charge in [-0.15, -0.1) is 11.8 Å². The predicted octanol–water partition coefficient (Wildman–Crippen LogP) is 2.52. The second kappa shape index (κ2) is 5.02. The molecule has 0 N–H and O–H groups in total. The number of nitrogens with zero attached hydrogens (tertiary/aromatic N) is 1. The van der Waals surface area contributed by atoms with Gasteiger partial charge < -0.3 is 9.30 Å². The molecule has 0 atom stereocenters. The fraction of sp³-hybridized carbons (Fsp3) is 0.455. The SMILES string of the molecule is CCC#Cc1cc(OC)n(C)c1SC. The van der Waals surface area contributed by atoms with Crippen LogP contribution in [-0.4, -0.2) is 17.9 Å². The first kappa shape index (κ1) is 11.1. The molecule has 1 heterocycles. The Morgan fingerprint density at radius 3 is 2.79 bits per heavy atom. The Balaban J connectivity index is 3.15. The minimum atomic E-state index is 0.856. The van der Waals surface area contributed by atoms with Gasteiger partial charge in [-0.2, -0.15) is 0 Å². The van der Waals surface area contributed by atoms with E-state index >= 15 is 0 Å². The maximum atomic E-state index is 5.23. The van der Waals surface area contributed by atoms with Crippen molar-refractivity contribution in [1.29, 1.82) is 0 Å². The summed E-state index contributed by atoms with van der Waals surface area (Å²) in [6, 6.07) is 1.98. The van der Waals surface area contributed by atoms with Gasteiger partial charge in [0.25, 0.3) is 0 Å². The quantitative estimate of drug-likeness (QED) is 0.549. The Hall–Kier alpha value is -1.01. The number of aromatic nitrogens is 1. The average molecular weight is 209 g/mol. The topological polar surface area (TPSA) is 14.2 Å². The van der Waals surface area contributed by atoms with Crippen molar-refractivity contribution in [1.82, 2.24) is 4.57 Å². The Morgan fingerprint density at radius 2 is 2.29 bits per heavy atom. The second-order valence-corrected chi connectivity index (χ2v) is 3.62. The zero-order valence-corrected chi connectivity index (χ0v) is 9.86. The van der Waals surface area contributed by atoms with Gasteiger partial charge in [-0.25, -0.2) is 0 Å². The summed E-state index contributed by atoms with van der Waals surface area (Å²) in [5.74, 6) is 7.07. The fourth-order valence-corrected chi connectivity index (χ4v) is 1.97. The summed E-state index contributed by atoms with van der Waals surface area (Å²) in [7, 11) is 3.66. The van der Waals surface area contributed by atoms with E-state index in [2.05, 4.69) is 11.8 Å². The first-order valence-corrected chi connectivity index (χ1v) is 5.73. The van der Waals surface area contributed by atoms with E-state index in [1.165, 1.54) is 0 Å². The second-order valence-electron chi connectivity index (χ2n) is 2.82. The highest BCUT2D eigenvalue weighted by Gasteiger charge is 2.09. The molecular weight excluding hydrogens is 194 g/mol. The Labute approximate surface area is 89.6 Å². The van der Waals surface area contributed by atoms with Crippen molar-refractivity contribution in [2.75, 3.05) is 13.4 Å². The molecule has 0 bridgehead atoms. The molecule has 0 aliphatic carbocycles. The number of hydrogen-bond acceptors (Lipinski definition) is 2. The minimum absolute atomic E-state index is 0.856. The summed E-state index contributed by atoms with van der Waals surface area (Å²) in [5, 5.41) is 1.16. The van der Waals surface area contributed by atoms with Crippen molar-refractivity contribution in [2.45, 2.75) is 18.4 Å². The van der Waals surface area contributed by atoms with Gasteiger partial charge in [0.05, 0.1) is 17.7 Å². The van der Waals surface area contributed by atoms with E-state index in [1.807, 2.05) is 30.9 Å². The van der Waals surface area contributed by atoms with Crippen molar-refractivity contribution in [3.63, 3.8) is 0 Å². The molecule has 0 saturated heterocycles. The number of thioether (sulfide) groups is 1. The zero-order chi connectivity index (χ0) is 10.6. The van der Waals surface area contributed by atoms with Crippen molar-refractivity contribution in [3.05, 3.63) is 11.6 Å². The van der Waals surface area contributed by atoms with Crippen molar-refractivity contribution in [3.8, 4) is 17.7 Å². The number of hydrogen-bond donors (Lipinski definition) is 0. The molecule has 0 aliphatic rings. The van der Waals surface area contributed by atoms with Gasteiger partial charge in [0.15, 0.2) is 5.88 Å². The molecule has 0 spiro atoms. The molecule has 1 rings (SSSR count). The van der Waals surface area contributed by atoms with Crippen LogP contribution in [0, 0.1) is 11.8 Å². The van der Waals surface area contributed by atoms with Crippen LogP contribution in [0.3, 0.4) is 0 Å². The van der Waals surface area contributed by atoms with Gasteiger partial charge in [0, 0.05) is 19.5 Å². The van der Waals surface area contributed by atoms with Crippen LogP contribution in [-0.2, 0) is 7.05 Å². The van der Waals surface area contributed by atoms with Crippen LogP contribution in [0.15, 0.2) is 11.1 Å². The van der Waals surface area contributed by atoms with Crippen molar-refractivity contribution < 1.29 is 4.74 Å². The summed E-state index contributed by atoms with van der Waals surface area (Å²) in [6.07, 6.45) is 2.93. The van der Waals surface area contributed by atoms with Crippen molar-refractivity contribution >= 4 is 11.8 Å². The molecule has 0 aliphatic heterocycles. The van der Waals surface area contributed by atoms with E-state index < -0.39 is 0 Å². The normalized spacial score (nSPS) is 9.43. The molecule has 76 valence electrons. The molecule has 0 amide bonds. The highest BCUT2D eigenvalue weighted by molar-refractivity contribution is 7.98. The summed E-state index contributed by atoms with van der Waals surface area (Å²) in [5.41, 5.74) is 1.05. The Kier molecular flexibility index (Phi) is 3.97. The van der Waals surface area contributed by atoms with Gasteiger partial charge in [-0.05, 0) is 6.26 Å². The number of ether oxygens (including phenoxy) is 1. The maximum Gasteiger partial charge on any atom is 0.195 e. The van der Waals surface area contributed by atoms with Crippen LogP contribution in [0.4, 0.5) is 0 Å². The summed E-state index contributed by atoms with van der Waals surface area (Å²) in [6.45, 7) is 2.05. The molecule has 0 fully saturated rings. The lowest BCUT2D eigenvalue weighted by atomic mass is 10.3. The molecule has 0 saturated carbocycles. The third-order valence-electron chi connectivity index (χ3n) is 1.94. The zero-order valence-electron chi connectivity index (χ0n) is 9.05. The molecule has 0 unspecified atom stereocenters. The summed E-state index contributed by atoms with van der Waals surface area (Å²) in [4.78, 5) is 0. The highest BCUT2D eigenvalue weighted by atomic mass is 32.2. The van der Waals surface area contributed by atoms with Gasteiger partial charge in [-0.1, -0.05) is 18.8 Å². The van der Waals surface area contributed by atoms with Gasteiger partial charge in [0.1, 0.15) is 0 Å². The minimum Gasteiger partial charge on any atom is -0.482 e. The van der Waals surface area contributed by atoms with Crippen LogP contribution in [0.25, 0.3) is 0 Å². The molecule has 2 nitrogen and oxygen atoms in total.